The first-order valence-electron chi connectivity index (χ1n) is 7.75. The standard InChI is InChI=1S/C17H25N3O2/c1-12(15(18)13-8-5-4-6-9-13)16(21)20-11-7-10-14(20)17(22)19(2)3/h4-6,8-9,12,14-15H,7,10-11,18H2,1-3H3/t12-,14+,15-/m0/s1. The fourth-order valence-electron chi connectivity index (χ4n) is 2.96. The number of nitrogens with two attached hydrogens (primary N) is 1. The van der Waals surface area contributed by atoms with Crippen LogP contribution >= 0.6 is 0 Å². The van der Waals surface area contributed by atoms with Gasteiger partial charge in [0.2, 0.25) is 11.8 Å². The molecule has 1 saturated heterocycles. The van der Waals surface area contributed by atoms with Gasteiger partial charge in [-0.2, -0.15) is 0 Å². The lowest BCUT2D eigenvalue weighted by Gasteiger charge is -2.30. The quantitative estimate of drug-likeness (QED) is 0.914. The van der Waals surface area contributed by atoms with Crippen LogP contribution in [0.3, 0.4) is 0 Å². The molecule has 0 radical (unpaired) electrons. The van der Waals surface area contributed by atoms with Crippen LogP contribution in [0, 0.1) is 5.92 Å². The maximum Gasteiger partial charge on any atom is 0.244 e. The predicted molar refractivity (Wildman–Crippen MR) is 86.0 cm³/mol. The number of benzene rings is 1. The van der Waals surface area contributed by atoms with E-state index in [4.69, 9.17) is 5.73 Å². The van der Waals surface area contributed by atoms with Gasteiger partial charge in [0, 0.05) is 26.7 Å². The number of carbonyl (C=O) groups is 2. The van der Waals surface area contributed by atoms with Gasteiger partial charge in [0.05, 0.1) is 5.92 Å². The first kappa shape index (κ1) is 16.5. The van der Waals surface area contributed by atoms with Gasteiger partial charge in [-0.1, -0.05) is 37.3 Å². The number of hydrogen-bond donors (Lipinski definition) is 1. The minimum atomic E-state index is -0.357. The molecule has 0 aromatic heterocycles. The van der Waals surface area contributed by atoms with Gasteiger partial charge in [0.1, 0.15) is 6.04 Å². The van der Waals surface area contributed by atoms with E-state index in [1.54, 1.807) is 23.9 Å². The molecule has 1 aromatic rings. The van der Waals surface area contributed by atoms with Crippen LogP contribution in [0.5, 0.6) is 0 Å². The van der Waals surface area contributed by atoms with Crippen molar-refractivity contribution in [3.05, 3.63) is 35.9 Å². The Kier molecular flexibility index (Phi) is 5.19. The van der Waals surface area contributed by atoms with Gasteiger partial charge in [-0.05, 0) is 18.4 Å². The molecule has 1 heterocycles. The third kappa shape index (κ3) is 3.30. The summed E-state index contributed by atoms with van der Waals surface area (Å²) in [6.45, 7) is 2.48. The highest BCUT2D eigenvalue weighted by Gasteiger charge is 2.38. The van der Waals surface area contributed by atoms with E-state index in [1.807, 2.05) is 37.3 Å². The Morgan fingerprint density at radius 2 is 1.91 bits per heavy atom. The zero-order chi connectivity index (χ0) is 16.3. The Hall–Kier alpha value is -1.88. The largest absolute Gasteiger partial charge is 0.347 e. The molecule has 120 valence electrons. The Labute approximate surface area is 132 Å². The molecule has 2 rings (SSSR count). The number of carbonyl (C=O) groups excluding carboxylic acids is 2. The van der Waals surface area contributed by atoms with Crippen LogP contribution in [0.4, 0.5) is 0 Å². The average molecular weight is 303 g/mol. The summed E-state index contributed by atoms with van der Waals surface area (Å²) < 4.78 is 0. The monoisotopic (exact) mass is 303 g/mol. The van der Waals surface area contributed by atoms with Crippen LogP contribution in [-0.4, -0.2) is 48.3 Å². The van der Waals surface area contributed by atoms with Gasteiger partial charge in [0.15, 0.2) is 0 Å². The molecule has 0 unspecified atom stereocenters. The molecule has 2 amide bonds. The maximum atomic E-state index is 12.8. The predicted octanol–water partition coefficient (Wildman–Crippen LogP) is 1.40. The molecule has 2 N–H and O–H groups in total. The minimum Gasteiger partial charge on any atom is -0.347 e. The van der Waals surface area contributed by atoms with Crippen LogP contribution in [0.25, 0.3) is 0 Å². The van der Waals surface area contributed by atoms with Gasteiger partial charge < -0.3 is 15.5 Å². The third-order valence-corrected chi connectivity index (χ3v) is 4.37. The highest BCUT2D eigenvalue weighted by Crippen LogP contribution is 2.26. The summed E-state index contributed by atoms with van der Waals surface area (Å²) in [4.78, 5) is 28.3. The molecule has 5 heteroatoms. The first-order valence-corrected chi connectivity index (χ1v) is 7.75. The van der Waals surface area contributed by atoms with Crippen LogP contribution in [0.2, 0.25) is 0 Å². The minimum absolute atomic E-state index is 0.00803. The highest BCUT2D eigenvalue weighted by atomic mass is 16.2. The molecule has 5 nitrogen and oxygen atoms in total. The van der Waals surface area contributed by atoms with E-state index in [9.17, 15) is 9.59 Å². The Bertz CT molecular complexity index is 530. The van der Waals surface area contributed by atoms with E-state index in [1.165, 1.54) is 0 Å². The van der Waals surface area contributed by atoms with Crippen molar-refractivity contribution in [3.8, 4) is 0 Å². The molecule has 1 aliphatic rings. The number of likely N-dealkylation sites (N-methyl/N-ethyl adjacent to an activating group) is 1. The summed E-state index contributed by atoms with van der Waals surface area (Å²) in [6.07, 6.45) is 1.60. The van der Waals surface area contributed by atoms with Crippen molar-refractivity contribution in [1.29, 1.82) is 0 Å². The molecule has 0 saturated carbocycles. The fraction of sp³-hybridized carbons (Fsp3) is 0.529. The van der Waals surface area contributed by atoms with E-state index in [2.05, 4.69) is 0 Å². The van der Waals surface area contributed by atoms with Gasteiger partial charge in [-0.15, -0.1) is 0 Å². The number of rotatable bonds is 4. The molecule has 0 spiro atoms. The lowest BCUT2D eigenvalue weighted by atomic mass is 9.94. The Morgan fingerprint density at radius 3 is 2.50 bits per heavy atom. The number of nitrogens with zero attached hydrogens (tertiary/aromatic N) is 2. The van der Waals surface area contributed by atoms with Gasteiger partial charge >= 0.3 is 0 Å². The van der Waals surface area contributed by atoms with Gasteiger partial charge in [0.25, 0.3) is 0 Å². The molecule has 3 atom stereocenters. The van der Waals surface area contributed by atoms with E-state index < -0.39 is 0 Å². The lowest BCUT2D eigenvalue weighted by molar-refractivity contribution is -0.144. The normalized spacial score (nSPS) is 20.5. The van der Waals surface area contributed by atoms with Gasteiger partial charge in [-0.25, -0.2) is 0 Å². The second-order valence-electron chi connectivity index (χ2n) is 6.15. The Morgan fingerprint density at radius 1 is 1.27 bits per heavy atom. The first-order chi connectivity index (χ1) is 10.4. The van der Waals surface area contributed by atoms with Crippen molar-refractivity contribution in [3.63, 3.8) is 0 Å². The summed E-state index contributed by atoms with van der Waals surface area (Å²) in [6, 6.07) is 8.93. The van der Waals surface area contributed by atoms with Crippen molar-refractivity contribution in [2.75, 3.05) is 20.6 Å². The van der Waals surface area contributed by atoms with E-state index in [0.717, 1.165) is 18.4 Å². The van der Waals surface area contributed by atoms with Crippen molar-refractivity contribution in [2.24, 2.45) is 11.7 Å². The summed E-state index contributed by atoms with van der Waals surface area (Å²) >= 11 is 0. The van der Waals surface area contributed by atoms with Gasteiger partial charge in [-0.3, -0.25) is 9.59 Å². The second kappa shape index (κ2) is 6.92. The number of amides is 2. The second-order valence-corrected chi connectivity index (χ2v) is 6.15. The summed E-state index contributed by atoms with van der Waals surface area (Å²) in [5, 5.41) is 0. The number of hydrogen-bond acceptors (Lipinski definition) is 3. The summed E-state index contributed by atoms with van der Waals surface area (Å²) in [5.74, 6) is -0.390. The third-order valence-electron chi connectivity index (χ3n) is 4.37. The lowest BCUT2D eigenvalue weighted by Crippen LogP contribution is -2.48. The zero-order valence-electron chi connectivity index (χ0n) is 13.5. The molecule has 22 heavy (non-hydrogen) atoms. The number of likely N-dealkylation sites (tertiary alicyclic amines) is 1. The van der Waals surface area contributed by atoms with E-state index in [0.29, 0.717) is 6.54 Å². The maximum absolute atomic E-state index is 12.8. The SMILES string of the molecule is C[C@H](C(=O)N1CCC[C@@H]1C(=O)N(C)C)[C@H](N)c1ccccc1. The van der Waals surface area contributed by atoms with Crippen molar-refractivity contribution in [2.45, 2.75) is 31.8 Å². The highest BCUT2D eigenvalue weighted by molar-refractivity contribution is 5.89. The van der Waals surface area contributed by atoms with E-state index >= 15 is 0 Å². The molecular weight excluding hydrogens is 278 g/mol. The van der Waals surface area contributed by atoms with Crippen LogP contribution in [0.1, 0.15) is 31.4 Å². The summed E-state index contributed by atoms with van der Waals surface area (Å²) in [7, 11) is 3.45. The average Bonchev–Trinajstić information content (AvgIpc) is 3.02. The van der Waals surface area contributed by atoms with Crippen molar-refractivity contribution < 1.29 is 9.59 Å². The fourth-order valence-corrected chi connectivity index (χ4v) is 2.96. The molecule has 0 bridgehead atoms. The molecular formula is C17H25N3O2. The van der Waals surface area contributed by atoms with Crippen molar-refractivity contribution >= 4 is 11.8 Å². The Balaban J connectivity index is 2.11. The van der Waals surface area contributed by atoms with Crippen LogP contribution in [-0.2, 0) is 9.59 Å². The van der Waals surface area contributed by atoms with Crippen molar-refractivity contribution in [1.82, 2.24) is 9.80 Å². The zero-order valence-corrected chi connectivity index (χ0v) is 13.5. The molecule has 1 aromatic carbocycles. The van der Waals surface area contributed by atoms with Crippen LogP contribution in [0.15, 0.2) is 30.3 Å². The van der Waals surface area contributed by atoms with Crippen LogP contribution < -0.4 is 5.73 Å². The summed E-state index contributed by atoms with van der Waals surface area (Å²) in [5.41, 5.74) is 7.19. The smallest absolute Gasteiger partial charge is 0.244 e. The van der Waals surface area contributed by atoms with E-state index in [-0.39, 0.29) is 29.8 Å². The molecule has 0 aliphatic carbocycles. The molecule has 1 fully saturated rings. The topological polar surface area (TPSA) is 66.6 Å². The molecule has 1 aliphatic heterocycles.